The van der Waals surface area contributed by atoms with Gasteiger partial charge in [-0.25, -0.2) is 0 Å². The second kappa shape index (κ2) is 5.02. The number of carboxylic acid groups (broad SMARTS) is 1. The van der Waals surface area contributed by atoms with E-state index in [1.807, 2.05) is 13.8 Å². The molecule has 4 fully saturated rings. The highest BCUT2D eigenvalue weighted by atomic mass is 16.4. The molecular weight excluding hydrogens is 336 g/mol. The Hall–Kier alpha value is -0.690. The first kappa shape index (κ1) is 18.7. The Morgan fingerprint density at radius 2 is 1.69 bits per heavy atom. The lowest BCUT2D eigenvalue weighted by Gasteiger charge is -2.67. The molecule has 26 heavy (non-hydrogen) atoms. The highest BCUT2D eigenvalue weighted by Crippen LogP contribution is 2.75. The molecule has 0 aromatic carbocycles. The van der Waals surface area contributed by atoms with Gasteiger partial charge >= 0.3 is 5.97 Å². The lowest BCUT2D eigenvalue weighted by Crippen LogP contribution is -2.69. The topological polar surface area (TPSA) is 118 Å². The van der Waals surface area contributed by atoms with E-state index in [9.17, 15) is 30.3 Å². The van der Waals surface area contributed by atoms with Crippen LogP contribution >= 0.6 is 0 Å². The number of fused-ring (bicyclic) bond motifs is 3. The van der Waals surface area contributed by atoms with E-state index in [4.69, 9.17) is 0 Å². The monoisotopic (exact) mass is 368 g/mol. The highest BCUT2D eigenvalue weighted by molar-refractivity contribution is 5.75. The average molecular weight is 368 g/mol. The summed E-state index contributed by atoms with van der Waals surface area (Å²) in [5.41, 5.74) is -6.19. The smallest absolute Gasteiger partial charge is 0.309 e. The Bertz CT molecular complexity index is 650. The summed E-state index contributed by atoms with van der Waals surface area (Å²) in [4.78, 5) is 12.1. The molecule has 1 spiro atoms. The number of rotatable bonds is 2. The Morgan fingerprint density at radius 1 is 1.00 bits per heavy atom. The van der Waals surface area contributed by atoms with Gasteiger partial charge in [-0.15, -0.1) is 0 Å². The Balaban J connectivity index is 1.82. The van der Waals surface area contributed by atoms with Crippen molar-refractivity contribution in [1.29, 1.82) is 0 Å². The van der Waals surface area contributed by atoms with Crippen molar-refractivity contribution in [2.24, 2.45) is 22.2 Å². The molecule has 6 heteroatoms. The SMILES string of the molecule is C[C@@]1(C(=O)O)CCC[C@]2(C)C1CC[C@]13C[C@@](O)(CO)[C@](O)(CC[C@]12O)C3. The minimum absolute atomic E-state index is 0.133. The van der Waals surface area contributed by atoms with Gasteiger partial charge in [0.25, 0.3) is 0 Å². The lowest BCUT2D eigenvalue weighted by atomic mass is 9.38. The average Bonchev–Trinajstić information content (AvgIpc) is 2.76. The zero-order chi connectivity index (χ0) is 19.2. The van der Waals surface area contributed by atoms with Crippen LogP contribution in [-0.4, -0.2) is 54.9 Å². The van der Waals surface area contributed by atoms with E-state index in [1.54, 1.807) is 0 Å². The molecule has 0 aromatic rings. The molecule has 2 bridgehead atoms. The molecule has 6 nitrogen and oxygen atoms in total. The van der Waals surface area contributed by atoms with E-state index in [2.05, 4.69) is 0 Å². The molecular formula is C20H32O6. The zero-order valence-electron chi connectivity index (χ0n) is 15.8. The van der Waals surface area contributed by atoms with Crippen molar-refractivity contribution in [3.8, 4) is 0 Å². The molecule has 4 saturated carbocycles. The first-order chi connectivity index (χ1) is 11.9. The van der Waals surface area contributed by atoms with Gasteiger partial charge in [-0.1, -0.05) is 13.3 Å². The molecule has 1 unspecified atom stereocenters. The van der Waals surface area contributed by atoms with Crippen LogP contribution in [0, 0.1) is 22.2 Å². The fourth-order valence-electron chi connectivity index (χ4n) is 7.94. The van der Waals surface area contributed by atoms with Crippen LogP contribution < -0.4 is 0 Å². The maximum atomic E-state index is 12.1. The van der Waals surface area contributed by atoms with E-state index in [0.717, 1.165) is 12.8 Å². The molecule has 0 radical (unpaired) electrons. The van der Waals surface area contributed by atoms with Crippen LogP contribution in [0.3, 0.4) is 0 Å². The molecule has 0 saturated heterocycles. The summed E-state index contributed by atoms with van der Waals surface area (Å²) in [6.45, 7) is 3.32. The number of carboxylic acids is 1. The predicted octanol–water partition coefficient (Wildman–Crippen LogP) is 1.44. The quantitative estimate of drug-likeness (QED) is 0.503. The second-order valence-electron chi connectivity index (χ2n) is 10.3. The standard InChI is InChI=1S/C20H32O6/c1-15(14(22)23)5-3-6-16(2)13(15)4-7-17-10-18(24,8-9-20(16,17)26)19(25,11-17)12-21/h13,21,24-26H,3-12H2,1-2H3,(H,22,23)/t13?,15-,16-,17+,18+,19-,20-/m1/s1. The fraction of sp³-hybridized carbons (Fsp3) is 0.950. The number of hydrogen-bond acceptors (Lipinski definition) is 5. The maximum absolute atomic E-state index is 12.1. The van der Waals surface area contributed by atoms with Crippen LogP contribution in [0.2, 0.25) is 0 Å². The number of carbonyl (C=O) groups is 1. The fourth-order valence-corrected chi connectivity index (χ4v) is 7.94. The molecule has 0 aliphatic heterocycles. The van der Waals surface area contributed by atoms with Crippen molar-refractivity contribution in [2.45, 2.75) is 88.4 Å². The van der Waals surface area contributed by atoms with Crippen LogP contribution in [-0.2, 0) is 4.79 Å². The van der Waals surface area contributed by atoms with E-state index in [-0.39, 0.29) is 25.2 Å². The normalized spacial score (nSPS) is 58.8. The number of aliphatic carboxylic acids is 1. The molecule has 0 aromatic heterocycles. The summed E-state index contributed by atoms with van der Waals surface area (Å²) in [7, 11) is 0. The molecule has 4 aliphatic rings. The van der Waals surface area contributed by atoms with E-state index < -0.39 is 45.6 Å². The summed E-state index contributed by atoms with van der Waals surface area (Å²) < 4.78 is 0. The minimum atomic E-state index is -1.59. The van der Waals surface area contributed by atoms with E-state index in [0.29, 0.717) is 25.7 Å². The van der Waals surface area contributed by atoms with Crippen LogP contribution in [0.1, 0.15) is 71.6 Å². The van der Waals surface area contributed by atoms with Gasteiger partial charge in [0.15, 0.2) is 0 Å². The van der Waals surface area contributed by atoms with Crippen LogP contribution in [0.5, 0.6) is 0 Å². The van der Waals surface area contributed by atoms with Crippen molar-refractivity contribution >= 4 is 5.97 Å². The molecule has 0 heterocycles. The van der Waals surface area contributed by atoms with Crippen molar-refractivity contribution in [3.05, 3.63) is 0 Å². The molecule has 148 valence electrons. The lowest BCUT2D eigenvalue weighted by molar-refractivity contribution is -0.271. The van der Waals surface area contributed by atoms with Crippen molar-refractivity contribution in [3.63, 3.8) is 0 Å². The van der Waals surface area contributed by atoms with Gasteiger partial charge in [0.05, 0.1) is 23.2 Å². The van der Waals surface area contributed by atoms with Gasteiger partial charge in [0, 0.05) is 10.8 Å². The van der Waals surface area contributed by atoms with Gasteiger partial charge < -0.3 is 25.5 Å². The van der Waals surface area contributed by atoms with Gasteiger partial charge in [-0.2, -0.15) is 0 Å². The van der Waals surface area contributed by atoms with Crippen LogP contribution in [0.25, 0.3) is 0 Å². The Morgan fingerprint density at radius 3 is 2.31 bits per heavy atom. The summed E-state index contributed by atoms with van der Waals surface area (Å²) in [6.07, 6.45) is 4.41. The number of hydrogen-bond donors (Lipinski definition) is 5. The third-order valence-electron chi connectivity index (χ3n) is 9.44. The number of aliphatic hydroxyl groups excluding tert-OH is 1. The molecule has 4 rings (SSSR count). The van der Waals surface area contributed by atoms with Gasteiger partial charge in [0.2, 0.25) is 0 Å². The second-order valence-corrected chi connectivity index (χ2v) is 10.3. The molecule has 5 N–H and O–H groups in total. The van der Waals surface area contributed by atoms with Gasteiger partial charge in [0.1, 0.15) is 5.60 Å². The summed E-state index contributed by atoms with van der Waals surface area (Å²) >= 11 is 0. The van der Waals surface area contributed by atoms with Gasteiger partial charge in [-0.05, 0) is 64.2 Å². The van der Waals surface area contributed by atoms with E-state index in [1.165, 1.54) is 0 Å². The molecule has 4 aliphatic carbocycles. The van der Waals surface area contributed by atoms with Crippen molar-refractivity contribution in [2.75, 3.05) is 6.61 Å². The minimum Gasteiger partial charge on any atom is -0.481 e. The summed E-state index contributed by atoms with van der Waals surface area (Å²) in [6, 6.07) is 0. The first-order valence-corrected chi connectivity index (χ1v) is 9.94. The zero-order valence-corrected chi connectivity index (χ0v) is 15.8. The third kappa shape index (κ3) is 1.80. The van der Waals surface area contributed by atoms with Gasteiger partial charge in [-0.3, -0.25) is 4.79 Å². The Labute approximate surface area is 154 Å². The highest BCUT2D eigenvalue weighted by Gasteiger charge is 2.78. The number of aliphatic hydroxyl groups is 4. The summed E-state index contributed by atoms with van der Waals surface area (Å²) in [5, 5.41) is 53.8. The van der Waals surface area contributed by atoms with E-state index >= 15 is 0 Å². The van der Waals surface area contributed by atoms with Crippen molar-refractivity contribution in [1.82, 2.24) is 0 Å². The predicted molar refractivity (Wildman–Crippen MR) is 93.3 cm³/mol. The molecule has 0 amide bonds. The Kier molecular flexibility index (Phi) is 3.60. The maximum Gasteiger partial charge on any atom is 0.309 e. The van der Waals surface area contributed by atoms with Crippen LogP contribution in [0.4, 0.5) is 0 Å². The van der Waals surface area contributed by atoms with Crippen molar-refractivity contribution < 1.29 is 30.3 Å². The molecule has 7 atom stereocenters. The largest absolute Gasteiger partial charge is 0.481 e. The van der Waals surface area contributed by atoms with Crippen LogP contribution in [0.15, 0.2) is 0 Å². The first-order valence-electron chi connectivity index (χ1n) is 9.94. The third-order valence-corrected chi connectivity index (χ3v) is 9.44. The summed E-state index contributed by atoms with van der Waals surface area (Å²) in [5.74, 6) is -0.926.